The van der Waals surface area contributed by atoms with Crippen molar-refractivity contribution >= 4 is 40.2 Å². The van der Waals surface area contributed by atoms with E-state index < -0.39 is 5.97 Å². The van der Waals surface area contributed by atoms with Gasteiger partial charge in [0.15, 0.2) is 0 Å². The molecule has 1 unspecified atom stereocenters. The van der Waals surface area contributed by atoms with Gasteiger partial charge in [-0.05, 0) is 40.8 Å². The highest BCUT2D eigenvalue weighted by atomic mass is 127. The van der Waals surface area contributed by atoms with Gasteiger partial charge >= 0.3 is 5.97 Å². The minimum Gasteiger partial charge on any atom is -0.478 e. The molecular formula is C13H15IN2O4. The van der Waals surface area contributed by atoms with Gasteiger partial charge in [-0.25, -0.2) is 4.79 Å². The summed E-state index contributed by atoms with van der Waals surface area (Å²) < 4.78 is 6.25. The van der Waals surface area contributed by atoms with Crippen LogP contribution in [-0.4, -0.2) is 42.8 Å². The zero-order chi connectivity index (χ0) is 14.5. The molecule has 1 fully saturated rings. The van der Waals surface area contributed by atoms with Crippen LogP contribution in [0.5, 0.6) is 0 Å². The Labute approximate surface area is 130 Å². The number of aromatic carboxylic acids is 1. The molecule has 6 nitrogen and oxygen atoms in total. The number of carbonyl (C=O) groups excluding carboxylic acids is 1. The van der Waals surface area contributed by atoms with E-state index in [0.717, 1.165) is 10.1 Å². The number of nitrogens with one attached hydrogen (secondary N) is 2. The topological polar surface area (TPSA) is 87.7 Å². The number of rotatable bonds is 4. The van der Waals surface area contributed by atoms with E-state index in [4.69, 9.17) is 9.84 Å². The van der Waals surface area contributed by atoms with E-state index in [1.54, 1.807) is 12.1 Å². The SMILES string of the molecule is O=C(CC1CNCCO1)Nc1ccc(I)cc1C(=O)O. The average Bonchev–Trinajstić information content (AvgIpc) is 2.41. The first-order valence-electron chi connectivity index (χ1n) is 6.21. The molecule has 2 rings (SSSR count). The number of anilines is 1. The maximum absolute atomic E-state index is 11.9. The summed E-state index contributed by atoms with van der Waals surface area (Å²) in [5.41, 5.74) is 0.402. The van der Waals surface area contributed by atoms with Gasteiger partial charge in [-0.2, -0.15) is 0 Å². The Morgan fingerprint density at radius 1 is 1.50 bits per heavy atom. The fraction of sp³-hybridized carbons (Fsp3) is 0.385. The van der Waals surface area contributed by atoms with Crippen molar-refractivity contribution in [3.05, 3.63) is 27.3 Å². The summed E-state index contributed by atoms with van der Waals surface area (Å²) in [7, 11) is 0. The maximum Gasteiger partial charge on any atom is 0.337 e. The molecule has 0 saturated carbocycles. The number of halogens is 1. The fourth-order valence-electron chi connectivity index (χ4n) is 1.96. The van der Waals surface area contributed by atoms with Crippen LogP contribution in [0.1, 0.15) is 16.8 Å². The molecule has 0 aliphatic carbocycles. The van der Waals surface area contributed by atoms with Gasteiger partial charge in [-0.1, -0.05) is 0 Å². The highest BCUT2D eigenvalue weighted by Crippen LogP contribution is 2.19. The lowest BCUT2D eigenvalue weighted by Crippen LogP contribution is -2.40. The van der Waals surface area contributed by atoms with Gasteiger partial charge in [0.1, 0.15) is 0 Å². The van der Waals surface area contributed by atoms with Crippen molar-refractivity contribution in [2.24, 2.45) is 0 Å². The molecule has 0 radical (unpaired) electrons. The molecule has 7 heteroatoms. The van der Waals surface area contributed by atoms with Gasteiger partial charge in [0.2, 0.25) is 5.91 Å². The van der Waals surface area contributed by atoms with Gasteiger partial charge in [0.05, 0.1) is 30.4 Å². The predicted molar refractivity (Wildman–Crippen MR) is 82.0 cm³/mol. The Balaban J connectivity index is 2.01. The minimum absolute atomic E-state index is 0.0907. The van der Waals surface area contributed by atoms with Crippen molar-refractivity contribution in [2.75, 3.05) is 25.0 Å². The Kier molecular flexibility index (Phi) is 5.32. The Hall–Kier alpha value is -1.19. The quantitative estimate of drug-likeness (QED) is 0.675. The molecule has 0 bridgehead atoms. The maximum atomic E-state index is 11.9. The predicted octanol–water partition coefficient (Wildman–Crippen LogP) is 1.31. The summed E-state index contributed by atoms with van der Waals surface area (Å²) in [6.45, 7) is 2.01. The summed E-state index contributed by atoms with van der Waals surface area (Å²) in [5.74, 6) is -1.31. The van der Waals surface area contributed by atoms with Crippen LogP contribution in [0, 0.1) is 3.57 Å². The van der Waals surface area contributed by atoms with E-state index in [2.05, 4.69) is 10.6 Å². The standard InChI is InChI=1S/C13H15IN2O4/c14-8-1-2-11(10(5-8)13(18)19)16-12(17)6-9-7-15-3-4-20-9/h1-2,5,9,15H,3-4,6-7H2,(H,16,17)(H,18,19). The van der Waals surface area contributed by atoms with E-state index in [9.17, 15) is 9.59 Å². The van der Waals surface area contributed by atoms with Gasteiger partial charge in [0.25, 0.3) is 0 Å². The van der Waals surface area contributed by atoms with Crippen LogP contribution in [0.15, 0.2) is 18.2 Å². The van der Waals surface area contributed by atoms with Crippen LogP contribution >= 0.6 is 22.6 Å². The number of carboxylic acid groups (broad SMARTS) is 1. The molecule has 108 valence electrons. The largest absolute Gasteiger partial charge is 0.478 e. The van der Waals surface area contributed by atoms with Crippen LogP contribution in [0.3, 0.4) is 0 Å². The number of benzene rings is 1. The smallest absolute Gasteiger partial charge is 0.337 e. The van der Waals surface area contributed by atoms with Crippen LogP contribution in [-0.2, 0) is 9.53 Å². The van der Waals surface area contributed by atoms with E-state index in [1.807, 2.05) is 22.6 Å². The highest BCUT2D eigenvalue weighted by molar-refractivity contribution is 14.1. The molecule has 1 aromatic rings. The highest BCUT2D eigenvalue weighted by Gasteiger charge is 2.19. The zero-order valence-corrected chi connectivity index (χ0v) is 12.8. The summed E-state index contributed by atoms with van der Waals surface area (Å²) in [4.78, 5) is 23.1. The minimum atomic E-state index is -1.06. The number of hydrogen-bond acceptors (Lipinski definition) is 4. The number of carboxylic acids is 1. The van der Waals surface area contributed by atoms with Crippen molar-refractivity contribution in [2.45, 2.75) is 12.5 Å². The van der Waals surface area contributed by atoms with Crippen molar-refractivity contribution in [3.8, 4) is 0 Å². The molecule has 1 aromatic carbocycles. The second-order valence-electron chi connectivity index (χ2n) is 4.44. The molecule has 1 aliphatic heterocycles. The molecule has 1 aliphatic rings. The third-order valence-electron chi connectivity index (χ3n) is 2.90. The molecule has 3 N–H and O–H groups in total. The van der Waals surface area contributed by atoms with E-state index in [0.29, 0.717) is 18.8 Å². The van der Waals surface area contributed by atoms with Crippen LogP contribution in [0.2, 0.25) is 0 Å². The van der Waals surface area contributed by atoms with Crippen LogP contribution < -0.4 is 10.6 Å². The number of carbonyl (C=O) groups is 2. The number of hydrogen-bond donors (Lipinski definition) is 3. The van der Waals surface area contributed by atoms with Crippen LogP contribution in [0.4, 0.5) is 5.69 Å². The molecule has 1 atom stereocenters. The molecule has 1 amide bonds. The molecule has 20 heavy (non-hydrogen) atoms. The van der Waals surface area contributed by atoms with E-state index in [-0.39, 0.29) is 24.0 Å². The summed E-state index contributed by atoms with van der Waals surface area (Å²) >= 11 is 2.03. The fourth-order valence-corrected chi connectivity index (χ4v) is 2.45. The molecular weight excluding hydrogens is 375 g/mol. The molecule has 0 aromatic heterocycles. The lowest BCUT2D eigenvalue weighted by molar-refractivity contribution is -0.119. The second-order valence-corrected chi connectivity index (χ2v) is 5.69. The third-order valence-corrected chi connectivity index (χ3v) is 3.57. The van der Waals surface area contributed by atoms with E-state index >= 15 is 0 Å². The molecule has 1 heterocycles. The first-order chi connectivity index (χ1) is 9.56. The zero-order valence-electron chi connectivity index (χ0n) is 10.7. The number of morpholine rings is 1. The number of amides is 1. The normalized spacial score (nSPS) is 18.6. The summed E-state index contributed by atoms with van der Waals surface area (Å²) in [6, 6.07) is 4.88. The summed E-state index contributed by atoms with van der Waals surface area (Å²) in [6.07, 6.45) is 0.0405. The van der Waals surface area contributed by atoms with Gasteiger partial charge < -0.3 is 20.5 Å². The Bertz CT molecular complexity index is 515. The van der Waals surface area contributed by atoms with Crippen molar-refractivity contribution in [3.63, 3.8) is 0 Å². The summed E-state index contributed by atoms with van der Waals surface area (Å²) in [5, 5.41) is 14.9. The first-order valence-corrected chi connectivity index (χ1v) is 7.29. The molecule has 1 saturated heterocycles. The lowest BCUT2D eigenvalue weighted by atomic mass is 10.1. The first kappa shape index (κ1) is 15.2. The van der Waals surface area contributed by atoms with Crippen molar-refractivity contribution in [1.29, 1.82) is 0 Å². The van der Waals surface area contributed by atoms with Gasteiger partial charge in [-0.3, -0.25) is 4.79 Å². The monoisotopic (exact) mass is 390 g/mol. The van der Waals surface area contributed by atoms with Crippen LogP contribution in [0.25, 0.3) is 0 Å². The van der Waals surface area contributed by atoms with Crippen molar-refractivity contribution < 1.29 is 19.4 Å². The van der Waals surface area contributed by atoms with E-state index in [1.165, 1.54) is 6.07 Å². The van der Waals surface area contributed by atoms with Gasteiger partial charge in [0, 0.05) is 16.7 Å². The van der Waals surface area contributed by atoms with Crippen molar-refractivity contribution in [1.82, 2.24) is 5.32 Å². The third kappa shape index (κ3) is 4.15. The average molecular weight is 390 g/mol. The lowest BCUT2D eigenvalue weighted by Gasteiger charge is -2.23. The molecule has 0 spiro atoms. The number of ether oxygens (including phenoxy) is 1. The Morgan fingerprint density at radius 3 is 2.95 bits per heavy atom. The Morgan fingerprint density at radius 2 is 2.30 bits per heavy atom. The second kappa shape index (κ2) is 7.00. The van der Waals surface area contributed by atoms with Gasteiger partial charge in [-0.15, -0.1) is 0 Å².